The van der Waals surface area contributed by atoms with Gasteiger partial charge in [-0.2, -0.15) is 0 Å². The van der Waals surface area contributed by atoms with E-state index in [1.54, 1.807) is 13.1 Å². The Morgan fingerprint density at radius 1 is 1.10 bits per heavy atom. The second-order valence-electron chi connectivity index (χ2n) is 4.62. The first-order chi connectivity index (χ1) is 9.52. The molecule has 3 nitrogen and oxygen atoms in total. The van der Waals surface area contributed by atoms with Crippen LogP contribution in [0.25, 0.3) is 0 Å². The highest BCUT2D eigenvalue weighted by Gasteiger charge is 2.13. The molecule has 1 heterocycles. The molecule has 0 fully saturated rings. The summed E-state index contributed by atoms with van der Waals surface area (Å²) in [4.78, 5) is 4.40. The Bertz CT molecular complexity index is 614. The van der Waals surface area contributed by atoms with Gasteiger partial charge in [0.25, 0.3) is 0 Å². The van der Waals surface area contributed by atoms with Gasteiger partial charge in [0.05, 0.1) is 16.1 Å². The van der Waals surface area contributed by atoms with Crippen molar-refractivity contribution in [1.29, 1.82) is 0 Å². The van der Waals surface area contributed by atoms with Crippen molar-refractivity contribution in [2.24, 2.45) is 0 Å². The molecule has 0 bridgehead atoms. The van der Waals surface area contributed by atoms with Crippen molar-refractivity contribution in [3.8, 4) is 0 Å². The molecule has 106 valence electrons. The average molecular weight is 310 g/mol. The normalized spacial score (nSPS) is 12.1. The minimum Gasteiger partial charge on any atom is -0.372 e. The second-order valence-corrected chi connectivity index (χ2v) is 5.44. The number of hydrogen-bond acceptors (Lipinski definition) is 3. The number of pyridine rings is 1. The van der Waals surface area contributed by atoms with Crippen LogP contribution in [0.1, 0.15) is 24.1 Å². The molecule has 2 N–H and O–H groups in total. The van der Waals surface area contributed by atoms with E-state index >= 15 is 0 Å². The zero-order valence-corrected chi connectivity index (χ0v) is 13.2. The van der Waals surface area contributed by atoms with Crippen molar-refractivity contribution in [2.75, 3.05) is 17.7 Å². The first-order valence-corrected chi connectivity index (χ1v) is 7.14. The van der Waals surface area contributed by atoms with Gasteiger partial charge in [-0.1, -0.05) is 47.5 Å². The van der Waals surface area contributed by atoms with Crippen molar-refractivity contribution >= 4 is 34.8 Å². The van der Waals surface area contributed by atoms with E-state index in [0.717, 1.165) is 0 Å². The lowest BCUT2D eigenvalue weighted by Gasteiger charge is -2.18. The fraction of sp³-hybridized carbons (Fsp3) is 0.267. The van der Waals surface area contributed by atoms with Crippen LogP contribution >= 0.6 is 23.2 Å². The lowest BCUT2D eigenvalue weighted by atomic mass is 10.0. The van der Waals surface area contributed by atoms with E-state index in [4.69, 9.17) is 23.2 Å². The number of benzene rings is 1. The number of hydrogen-bond donors (Lipinski definition) is 2. The van der Waals surface area contributed by atoms with Crippen LogP contribution in [-0.2, 0) is 0 Å². The van der Waals surface area contributed by atoms with E-state index in [-0.39, 0.29) is 6.04 Å². The summed E-state index contributed by atoms with van der Waals surface area (Å²) in [5.41, 5.74) is 2.44. The molecule has 1 unspecified atom stereocenters. The summed E-state index contributed by atoms with van der Waals surface area (Å²) in [6, 6.07) is 10.0. The Morgan fingerprint density at radius 3 is 2.40 bits per heavy atom. The van der Waals surface area contributed by atoms with E-state index in [1.165, 1.54) is 11.1 Å². The molecule has 0 aliphatic rings. The average Bonchev–Trinajstić information content (AvgIpc) is 2.42. The Balaban J connectivity index is 2.28. The molecule has 2 rings (SSSR count). The maximum absolute atomic E-state index is 6.19. The van der Waals surface area contributed by atoms with E-state index in [9.17, 15) is 0 Å². The summed E-state index contributed by atoms with van der Waals surface area (Å²) in [7, 11) is 1.77. The van der Waals surface area contributed by atoms with Crippen molar-refractivity contribution in [2.45, 2.75) is 19.9 Å². The maximum atomic E-state index is 6.19. The van der Waals surface area contributed by atoms with Gasteiger partial charge in [-0.25, -0.2) is 4.98 Å². The highest BCUT2D eigenvalue weighted by Crippen LogP contribution is 2.31. The topological polar surface area (TPSA) is 37.0 Å². The van der Waals surface area contributed by atoms with Crippen LogP contribution in [0, 0.1) is 6.92 Å². The van der Waals surface area contributed by atoms with Gasteiger partial charge < -0.3 is 10.6 Å². The van der Waals surface area contributed by atoms with Gasteiger partial charge >= 0.3 is 0 Å². The monoisotopic (exact) mass is 309 g/mol. The van der Waals surface area contributed by atoms with Crippen LogP contribution in [0.5, 0.6) is 0 Å². The number of nitrogens with zero attached hydrogens (tertiary/aromatic N) is 1. The fourth-order valence-corrected chi connectivity index (χ4v) is 2.61. The fourth-order valence-electron chi connectivity index (χ4n) is 2.10. The largest absolute Gasteiger partial charge is 0.372 e. The molecular formula is C15H17Cl2N3. The van der Waals surface area contributed by atoms with Gasteiger partial charge in [0.2, 0.25) is 0 Å². The minimum absolute atomic E-state index is 0.104. The summed E-state index contributed by atoms with van der Waals surface area (Å²) in [6.07, 6.45) is 0. The lowest BCUT2D eigenvalue weighted by Crippen LogP contribution is -2.10. The molecule has 0 saturated heterocycles. The van der Waals surface area contributed by atoms with Crippen LogP contribution in [0.2, 0.25) is 10.0 Å². The number of halogens is 2. The Labute approximate surface area is 129 Å². The molecule has 0 radical (unpaired) electrons. The van der Waals surface area contributed by atoms with Crippen LogP contribution in [0.3, 0.4) is 0 Å². The molecule has 1 aromatic heterocycles. The first kappa shape index (κ1) is 14.9. The number of anilines is 2. The molecule has 5 heteroatoms. The highest BCUT2D eigenvalue weighted by atomic mass is 35.5. The van der Waals surface area contributed by atoms with Crippen LogP contribution < -0.4 is 10.6 Å². The number of aromatic nitrogens is 1. The van der Waals surface area contributed by atoms with Gasteiger partial charge in [-0.15, -0.1) is 0 Å². The summed E-state index contributed by atoms with van der Waals surface area (Å²) in [5.74, 6) is 1.23. The maximum Gasteiger partial charge on any atom is 0.147 e. The van der Waals surface area contributed by atoms with Gasteiger partial charge in [-0.05, 0) is 31.0 Å². The smallest absolute Gasteiger partial charge is 0.147 e. The summed E-state index contributed by atoms with van der Waals surface area (Å²) >= 11 is 12.2. The third-order valence-corrected chi connectivity index (χ3v) is 3.75. The quantitative estimate of drug-likeness (QED) is 0.842. The Kier molecular flexibility index (Phi) is 4.73. The summed E-state index contributed by atoms with van der Waals surface area (Å²) in [6.45, 7) is 4.16. The Hall–Kier alpha value is -1.45. The SMILES string of the molecule is CNc1nc(NC(C)c2ccccc2C)c(Cl)cc1Cl. The van der Waals surface area contributed by atoms with Crippen molar-refractivity contribution in [3.63, 3.8) is 0 Å². The molecule has 1 aromatic carbocycles. The van der Waals surface area contributed by atoms with Gasteiger partial charge in [-0.3, -0.25) is 0 Å². The van der Waals surface area contributed by atoms with E-state index < -0.39 is 0 Å². The third-order valence-electron chi connectivity index (χ3n) is 3.17. The molecular weight excluding hydrogens is 293 g/mol. The lowest BCUT2D eigenvalue weighted by molar-refractivity contribution is 0.865. The number of rotatable bonds is 4. The summed E-state index contributed by atoms with van der Waals surface area (Å²) in [5, 5.41) is 7.29. The zero-order valence-electron chi connectivity index (χ0n) is 11.7. The molecule has 1 atom stereocenters. The number of aryl methyl sites for hydroxylation is 1. The van der Waals surface area contributed by atoms with Crippen LogP contribution in [-0.4, -0.2) is 12.0 Å². The van der Waals surface area contributed by atoms with Gasteiger partial charge in [0.15, 0.2) is 0 Å². The molecule has 2 aromatic rings. The molecule has 0 aliphatic carbocycles. The summed E-state index contributed by atoms with van der Waals surface area (Å²) < 4.78 is 0. The number of nitrogens with one attached hydrogen (secondary N) is 2. The first-order valence-electron chi connectivity index (χ1n) is 6.38. The molecule has 0 aliphatic heterocycles. The van der Waals surface area contributed by atoms with Crippen molar-refractivity contribution in [1.82, 2.24) is 4.98 Å². The molecule has 0 amide bonds. The molecule has 0 saturated carbocycles. The second kappa shape index (κ2) is 6.33. The minimum atomic E-state index is 0.104. The van der Waals surface area contributed by atoms with Crippen molar-refractivity contribution in [3.05, 3.63) is 51.5 Å². The predicted molar refractivity (Wildman–Crippen MR) is 87.0 cm³/mol. The third kappa shape index (κ3) is 3.17. The van der Waals surface area contributed by atoms with E-state index in [1.807, 2.05) is 12.1 Å². The molecule has 0 spiro atoms. The Morgan fingerprint density at radius 2 is 1.75 bits per heavy atom. The van der Waals surface area contributed by atoms with Crippen LogP contribution in [0.4, 0.5) is 11.6 Å². The predicted octanol–water partition coefficient (Wildman–Crippen LogP) is 4.91. The zero-order chi connectivity index (χ0) is 14.7. The van der Waals surface area contributed by atoms with Gasteiger partial charge in [0, 0.05) is 7.05 Å². The van der Waals surface area contributed by atoms with E-state index in [2.05, 4.69) is 41.6 Å². The highest BCUT2D eigenvalue weighted by molar-refractivity contribution is 6.37. The standard InChI is InChI=1S/C15H17Cl2N3/c1-9-6-4-5-7-11(9)10(2)19-15-13(17)8-12(16)14(18-3)20-15/h4-8,10H,1-3H3,(H2,18,19,20). The molecule has 20 heavy (non-hydrogen) atoms. The van der Waals surface area contributed by atoms with E-state index in [0.29, 0.717) is 21.7 Å². The van der Waals surface area contributed by atoms with Crippen molar-refractivity contribution < 1.29 is 0 Å². The van der Waals surface area contributed by atoms with Crippen LogP contribution in [0.15, 0.2) is 30.3 Å². The van der Waals surface area contributed by atoms with Gasteiger partial charge in [0.1, 0.15) is 11.6 Å².